The predicted octanol–water partition coefficient (Wildman–Crippen LogP) is 2.97. The monoisotopic (exact) mass is 358 g/mol. The molecule has 0 saturated heterocycles. The van der Waals surface area contributed by atoms with Crippen molar-refractivity contribution in [3.63, 3.8) is 0 Å². The van der Waals surface area contributed by atoms with Crippen LogP contribution in [0, 0.1) is 23.6 Å². The molecule has 1 aromatic carbocycles. The summed E-state index contributed by atoms with van der Waals surface area (Å²) in [5.41, 5.74) is 6.90. The molecule has 3 nitrogen and oxygen atoms in total. The average molecular weight is 359 g/mol. The smallest absolute Gasteiger partial charge is 0.224 e. The van der Waals surface area contributed by atoms with Crippen LogP contribution < -0.4 is 11.1 Å². The second-order valence-electron chi connectivity index (χ2n) is 6.37. The molecule has 0 heterocycles. The van der Waals surface area contributed by atoms with E-state index >= 15 is 0 Å². The molecule has 2 bridgehead atoms. The molecule has 3 rings (SSSR count). The van der Waals surface area contributed by atoms with Gasteiger partial charge in [-0.15, -0.1) is 12.4 Å². The van der Waals surface area contributed by atoms with Gasteiger partial charge in [0.05, 0.1) is 5.92 Å². The van der Waals surface area contributed by atoms with Crippen LogP contribution in [0.5, 0.6) is 0 Å². The maximum atomic E-state index is 13.5. The lowest BCUT2D eigenvalue weighted by Gasteiger charge is -2.26. The highest BCUT2D eigenvalue weighted by molar-refractivity contribution is 7.98. The van der Waals surface area contributed by atoms with Gasteiger partial charge in [-0.05, 0) is 42.7 Å². The minimum atomic E-state index is -0.160. The molecule has 23 heavy (non-hydrogen) atoms. The summed E-state index contributed by atoms with van der Waals surface area (Å²) in [6.07, 6.45) is 3.47. The second kappa shape index (κ2) is 8.36. The van der Waals surface area contributed by atoms with Gasteiger partial charge in [0.2, 0.25) is 5.91 Å². The lowest BCUT2D eigenvalue weighted by molar-refractivity contribution is -0.126. The summed E-state index contributed by atoms with van der Waals surface area (Å²) in [4.78, 5) is 12.3. The molecule has 3 N–H and O–H groups in total. The van der Waals surface area contributed by atoms with E-state index in [4.69, 9.17) is 5.73 Å². The number of hydrogen-bond acceptors (Lipinski definition) is 3. The molecular weight excluding hydrogens is 335 g/mol. The van der Waals surface area contributed by atoms with E-state index in [1.54, 1.807) is 23.9 Å². The van der Waals surface area contributed by atoms with E-state index in [2.05, 4.69) is 5.32 Å². The third kappa shape index (κ3) is 4.20. The molecule has 128 valence electrons. The Bertz CT molecular complexity index is 543. The first-order valence-corrected chi connectivity index (χ1v) is 9.16. The van der Waals surface area contributed by atoms with Gasteiger partial charge in [-0.1, -0.05) is 18.2 Å². The van der Waals surface area contributed by atoms with Crippen molar-refractivity contribution in [2.24, 2.45) is 23.5 Å². The number of nitrogens with two attached hydrogens (primary N) is 1. The highest BCUT2D eigenvalue weighted by atomic mass is 35.5. The number of nitrogens with one attached hydrogen (secondary N) is 1. The Morgan fingerprint density at radius 1 is 1.30 bits per heavy atom. The van der Waals surface area contributed by atoms with Gasteiger partial charge < -0.3 is 11.1 Å². The van der Waals surface area contributed by atoms with Crippen LogP contribution in [0.3, 0.4) is 0 Å². The molecule has 6 heteroatoms. The van der Waals surface area contributed by atoms with Gasteiger partial charge in [-0.25, -0.2) is 4.39 Å². The van der Waals surface area contributed by atoms with Crippen molar-refractivity contribution >= 4 is 30.1 Å². The number of amides is 1. The summed E-state index contributed by atoms with van der Waals surface area (Å²) >= 11 is 1.64. The van der Waals surface area contributed by atoms with E-state index < -0.39 is 0 Å². The van der Waals surface area contributed by atoms with Crippen LogP contribution in [-0.2, 0) is 10.5 Å². The quantitative estimate of drug-likeness (QED) is 0.769. The minimum absolute atomic E-state index is 0. The highest BCUT2D eigenvalue weighted by Gasteiger charge is 2.48. The molecular formula is C17H24ClFN2OS. The van der Waals surface area contributed by atoms with Gasteiger partial charge in [0, 0.05) is 24.1 Å². The lowest BCUT2D eigenvalue weighted by Crippen LogP contribution is -2.45. The molecule has 2 fully saturated rings. The minimum Gasteiger partial charge on any atom is -0.355 e. The van der Waals surface area contributed by atoms with Crippen molar-refractivity contribution in [1.82, 2.24) is 5.32 Å². The van der Waals surface area contributed by atoms with Crippen LogP contribution in [0.2, 0.25) is 0 Å². The Kier molecular flexibility index (Phi) is 6.74. The zero-order valence-corrected chi connectivity index (χ0v) is 14.7. The molecule has 2 aliphatic rings. The fourth-order valence-electron chi connectivity index (χ4n) is 3.89. The number of carbonyl (C=O) groups excluding carboxylic acids is 1. The maximum absolute atomic E-state index is 13.5. The number of carbonyl (C=O) groups is 1. The largest absolute Gasteiger partial charge is 0.355 e. The van der Waals surface area contributed by atoms with E-state index in [0.717, 1.165) is 18.6 Å². The van der Waals surface area contributed by atoms with Crippen molar-refractivity contribution in [3.8, 4) is 0 Å². The number of thioether (sulfide) groups is 1. The summed E-state index contributed by atoms with van der Waals surface area (Å²) < 4.78 is 13.5. The van der Waals surface area contributed by atoms with Crippen LogP contribution in [-0.4, -0.2) is 24.2 Å². The molecule has 0 aromatic heterocycles. The van der Waals surface area contributed by atoms with Crippen molar-refractivity contribution in [2.75, 3.05) is 12.3 Å². The number of rotatable bonds is 6. The van der Waals surface area contributed by atoms with E-state index in [1.165, 1.54) is 12.5 Å². The van der Waals surface area contributed by atoms with Gasteiger partial charge in [0.1, 0.15) is 5.82 Å². The Hall–Kier alpha value is -0.780. The first-order valence-electron chi connectivity index (χ1n) is 8.01. The highest BCUT2D eigenvalue weighted by Crippen LogP contribution is 2.47. The van der Waals surface area contributed by atoms with Crippen LogP contribution in [0.4, 0.5) is 4.39 Å². The summed E-state index contributed by atoms with van der Waals surface area (Å²) in [7, 11) is 0. The fraction of sp³-hybridized carbons (Fsp3) is 0.588. The normalized spacial score (nSPS) is 28.4. The van der Waals surface area contributed by atoms with E-state index in [1.807, 2.05) is 6.07 Å². The maximum Gasteiger partial charge on any atom is 0.224 e. The average Bonchev–Trinajstić information content (AvgIpc) is 3.09. The van der Waals surface area contributed by atoms with Crippen molar-refractivity contribution in [3.05, 3.63) is 35.6 Å². The van der Waals surface area contributed by atoms with E-state index in [9.17, 15) is 9.18 Å². The molecule has 1 aromatic rings. The summed E-state index contributed by atoms with van der Waals surface area (Å²) in [5, 5.41) is 3.01. The van der Waals surface area contributed by atoms with Crippen LogP contribution in [0.15, 0.2) is 24.3 Å². The molecule has 2 aliphatic carbocycles. The van der Waals surface area contributed by atoms with Gasteiger partial charge in [0.15, 0.2) is 0 Å². The van der Waals surface area contributed by atoms with E-state index in [0.29, 0.717) is 29.7 Å². The second-order valence-corrected chi connectivity index (χ2v) is 7.48. The predicted molar refractivity (Wildman–Crippen MR) is 95.1 cm³/mol. The van der Waals surface area contributed by atoms with E-state index in [-0.39, 0.29) is 36.1 Å². The topological polar surface area (TPSA) is 55.1 Å². The zero-order valence-electron chi connectivity index (χ0n) is 13.0. The number of hydrogen-bond donors (Lipinski definition) is 2. The summed E-state index contributed by atoms with van der Waals surface area (Å²) in [6.45, 7) is 0.624. The van der Waals surface area contributed by atoms with Gasteiger partial charge in [-0.3, -0.25) is 4.79 Å². The number of fused-ring (bicyclic) bond motifs is 2. The Morgan fingerprint density at radius 2 is 2.04 bits per heavy atom. The summed E-state index contributed by atoms with van der Waals surface area (Å²) in [6, 6.07) is 6.87. The molecule has 0 aliphatic heterocycles. The van der Waals surface area contributed by atoms with Crippen molar-refractivity contribution < 1.29 is 9.18 Å². The van der Waals surface area contributed by atoms with Crippen molar-refractivity contribution in [2.45, 2.75) is 31.1 Å². The SMILES string of the molecule is Cl.NC1C2CCC(C2)C1C(=O)NCCSCc1ccccc1F. The van der Waals surface area contributed by atoms with Gasteiger partial charge in [0.25, 0.3) is 0 Å². The molecule has 2 saturated carbocycles. The first-order chi connectivity index (χ1) is 10.7. The Balaban J connectivity index is 0.00000192. The van der Waals surface area contributed by atoms with Crippen molar-refractivity contribution in [1.29, 1.82) is 0 Å². The van der Waals surface area contributed by atoms with Crippen LogP contribution in [0.25, 0.3) is 0 Å². The third-order valence-corrected chi connectivity index (χ3v) is 6.05. The molecule has 0 spiro atoms. The molecule has 1 amide bonds. The summed E-state index contributed by atoms with van der Waals surface area (Å²) in [5.74, 6) is 2.43. The number of halogens is 2. The number of benzene rings is 1. The Labute approximate surface area is 147 Å². The van der Waals surface area contributed by atoms with Gasteiger partial charge in [-0.2, -0.15) is 11.8 Å². The Morgan fingerprint density at radius 3 is 2.74 bits per heavy atom. The molecule has 4 atom stereocenters. The fourth-order valence-corrected chi connectivity index (χ4v) is 4.73. The molecule has 0 radical (unpaired) electrons. The first kappa shape index (κ1) is 18.6. The third-order valence-electron chi connectivity index (χ3n) is 5.04. The van der Waals surface area contributed by atoms with Crippen LogP contribution in [0.1, 0.15) is 24.8 Å². The zero-order chi connectivity index (χ0) is 15.5. The van der Waals surface area contributed by atoms with Gasteiger partial charge >= 0.3 is 0 Å². The standard InChI is InChI=1S/C17H23FN2OS.ClH/c18-14-4-2-1-3-13(14)10-22-8-7-20-17(21)15-11-5-6-12(9-11)16(15)19;/h1-4,11-12,15-16H,5-10,19H2,(H,20,21);1H. The molecule has 4 unspecified atom stereocenters. The lowest BCUT2D eigenvalue weighted by atomic mass is 9.84. The van der Waals surface area contributed by atoms with Crippen LogP contribution >= 0.6 is 24.2 Å².